The first kappa shape index (κ1) is 26.4. The molecule has 2 amide bonds. The van der Waals surface area contributed by atoms with Crippen LogP contribution in [0.15, 0.2) is 85.8 Å². The van der Waals surface area contributed by atoms with Gasteiger partial charge in [0.2, 0.25) is 0 Å². The number of para-hydroxylation sites is 1. The molecule has 0 saturated carbocycles. The highest BCUT2D eigenvalue weighted by Crippen LogP contribution is 2.39. The molecule has 0 atom stereocenters. The van der Waals surface area contributed by atoms with Crippen LogP contribution in [0, 0.1) is 0 Å². The van der Waals surface area contributed by atoms with Crippen molar-refractivity contribution in [1.82, 2.24) is 10.6 Å². The van der Waals surface area contributed by atoms with E-state index in [-0.39, 0.29) is 17.5 Å². The average Bonchev–Trinajstić information content (AvgIpc) is 3.24. The Labute approximate surface area is 214 Å². The van der Waals surface area contributed by atoms with Crippen LogP contribution >= 0.6 is 11.3 Å². The molecule has 0 fully saturated rings. The van der Waals surface area contributed by atoms with Gasteiger partial charge in [0.05, 0.1) is 11.3 Å². The number of aliphatic hydroxyl groups excluding tert-OH is 2. The number of fused-ring (bicyclic) bond motifs is 1. The predicted molar refractivity (Wildman–Crippen MR) is 147 cm³/mol. The lowest BCUT2D eigenvalue weighted by Crippen LogP contribution is -2.24. The Morgan fingerprint density at radius 2 is 1.67 bits per heavy atom. The Balaban J connectivity index is 0.000000201. The number of carbonyl (C=O) groups is 1. The average molecular weight is 507 g/mol. The summed E-state index contributed by atoms with van der Waals surface area (Å²) in [5.41, 5.74) is 2.88. The maximum absolute atomic E-state index is 11.1. The summed E-state index contributed by atoms with van der Waals surface area (Å²) in [7, 11) is 1.57. The maximum atomic E-state index is 11.1. The fourth-order valence-corrected chi connectivity index (χ4v) is 4.63. The van der Waals surface area contributed by atoms with Gasteiger partial charge < -0.3 is 36.2 Å². The van der Waals surface area contributed by atoms with Crippen LogP contribution in [0.2, 0.25) is 0 Å². The number of ether oxygens (including phenoxy) is 1. The quantitative estimate of drug-likeness (QED) is 0.169. The molecule has 8 nitrogen and oxygen atoms in total. The normalized spacial score (nSPS) is 11.7. The van der Waals surface area contributed by atoms with Crippen molar-refractivity contribution in [2.75, 3.05) is 24.2 Å². The van der Waals surface area contributed by atoms with E-state index in [9.17, 15) is 15.0 Å². The molecule has 0 spiro atoms. The van der Waals surface area contributed by atoms with Crippen molar-refractivity contribution in [3.8, 4) is 11.5 Å². The van der Waals surface area contributed by atoms with E-state index in [0.717, 1.165) is 52.8 Å². The van der Waals surface area contributed by atoms with Crippen LogP contribution < -0.4 is 26.0 Å². The molecule has 36 heavy (non-hydrogen) atoms. The molecule has 0 aliphatic carbocycles. The van der Waals surface area contributed by atoms with Gasteiger partial charge in [-0.1, -0.05) is 37.9 Å². The summed E-state index contributed by atoms with van der Waals surface area (Å²) in [5, 5.41) is 31.2. The van der Waals surface area contributed by atoms with Gasteiger partial charge in [0.1, 0.15) is 28.0 Å². The summed E-state index contributed by atoms with van der Waals surface area (Å²) in [6, 6.07) is 16.5. The topological polar surface area (TPSA) is 115 Å². The lowest BCUT2D eigenvalue weighted by molar-refractivity contribution is 0.254. The second-order valence-electron chi connectivity index (χ2n) is 7.78. The van der Waals surface area contributed by atoms with Gasteiger partial charge in [-0.3, -0.25) is 0 Å². The number of carbonyl (C=O) groups excluding carboxylic acids is 1. The highest BCUT2D eigenvalue weighted by atomic mass is 32.1. The Kier molecular flexibility index (Phi) is 9.15. The van der Waals surface area contributed by atoms with Crippen LogP contribution in [0.25, 0.3) is 5.76 Å². The minimum atomic E-state index is -0.244. The van der Waals surface area contributed by atoms with Crippen LogP contribution in [-0.2, 0) is 13.0 Å². The van der Waals surface area contributed by atoms with Gasteiger partial charge in [0.25, 0.3) is 0 Å². The number of anilines is 2. The third kappa shape index (κ3) is 7.14. The molecule has 2 aromatic carbocycles. The Morgan fingerprint density at radius 3 is 2.28 bits per heavy atom. The zero-order valence-electron chi connectivity index (χ0n) is 20.1. The number of hydrogen-bond acceptors (Lipinski definition) is 7. The first-order valence-corrected chi connectivity index (χ1v) is 12.0. The molecular weight excluding hydrogens is 476 g/mol. The predicted octanol–water partition coefficient (Wildman–Crippen LogP) is 6.15. The number of hydrogen-bond donors (Lipinski definition) is 6. The van der Waals surface area contributed by atoms with Crippen molar-refractivity contribution in [3.63, 3.8) is 0 Å². The van der Waals surface area contributed by atoms with E-state index in [2.05, 4.69) is 41.0 Å². The molecule has 1 aromatic heterocycles. The minimum absolute atomic E-state index is 0.0354. The number of nitrogens with one attached hydrogen (secondary N) is 4. The molecule has 1 aliphatic heterocycles. The van der Waals surface area contributed by atoms with Crippen molar-refractivity contribution in [3.05, 3.63) is 102 Å². The second-order valence-corrected chi connectivity index (χ2v) is 8.88. The van der Waals surface area contributed by atoms with Gasteiger partial charge in [-0.15, -0.1) is 11.3 Å². The molecule has 0 saturated heterocycles. The molecule has 2 heterocycles. The van der Waals surface area contributed by atoms with Gasteiger partial charge in [0.15, 0.2) is 0 Å². The van der Waals surface area contributed by atoms with Crippen molar-refractivity contribution in [2.45, 2.75) is 13.0 Å². The van der Waals surface area contributed by atoms with Crippen LogP contribution in [0.3, 0.4) is 0 Å². The second kappa shape index (κ2) is 12.5. The first-order valence-electron chi connectivity index (χ1n) is 11.2. The summed E-state index contributed by atoms with van der Waals surface area (Å²) in [6.07, 6.45) is 0.856. The van der Waals surface area contributed by atoms with E-state index in [4.69, 9.17) is 4.74 Å². The lowest BCUT2D eigenvalue weighted by Gasteiger charge is -2.14. The molecule has 188 valence electrons. The van der Waals surface area contributed by atoms with E-state index < -0.39 is 0 Å². The standard InChI is InChI=1S/C14H14N2O2.C13H16N2O2S/c1-15-14(17)16-11-7-9-13(10-8-11)18-12-5-3-2-4-6-12;1-7(8(2)16)15-13-12(9(3)17)10-4-5-14-6-11(10)18-13/h2-10H,1H3,(H2,15,16,17);14-17H,1-6H2. The van der Waals surface area contributed by atoms with Crippen molar-refractivity contribution >= 4 is 33.8 Å². The number of thiophene rings is 1. The fraction of sp³-hybridized carbons (Fsp3) is 0.148. The number of benzene rings is 2. The van der Waals surface area contributed by atoms with Gasteiger partial charge in [-0.2, -0.15) is 0 Å². The minimum Gasteiger partial charge on any atom is -0.508 e. The molecule has 9 heteroatoms. The van der Waals surface area contributed by atoms with Crippen molar-refractivity contribution in [1.29, 1.82) is 0 Å². The first-order chi connectivity index (χ1) is 17.3. The number of rotatable bonds is 7. The molecule has 0 unspecified atom stereocenters. The zero-order valence-corrected chi connectivity index (χ0v) is 20.9. The summed E-state index contributed by atoms with van der Waals surface area (Å²) in [5.74, 6) is 1.43. The summed E-state index contributed by atoms with van der Waals surface area (Å²) >= 11 is 1.53. The van der Waals surface area contributed by atoms with Crippen molar-refractivity contribution < 1.29 is 19.7 Å². The monoisotopic (exact) mass is 506 g/mol. The molecule has 4 rings (SSSR count). The Hall–Kier alpha value is -4.21. The molecular formula is C27H30N4O4S. The summed E-state index contributed by atoms with van der Waals surface area (Å²) in [6.45, 7) is 12.4. The largest absolute Gasteiger partial charge is 0.508 e. The van der Waals surface area contributed by atoms with Crippen LogP contribution in [0.4, 0.5) is 15.5 Å². The van der Waals surface area contributed by atoms with E-state index in [0.29, 0.717) is 5.70 Å². The summed E-state index contributed by atoms with van der Waals surface area (Å²) < 4.78 is 5.64. The lowest BCUT2D eigenvalue weighted by atomic mass is 10.0. The highest BCUT2D eigenvalue weighted by Gasteiger charge is 2.22. The highest BCUT2D eigenvalue weighted by molar-refractivity contribution is 7.16. The Morgan fingerprint density at radius 1 is 1.00 bits per heavy atom. The molecule has 1 aliphatic rings. The molecule has 0 radical (unpaired) electrons. The third-order valence-electron chi connectivity index (χ3n) is 5.15. The van der Waals surface area contributed by atoms with Crippen LogP contribution in [0.1, 0.15) is 16.0 Å². The van der Waals surface area contributed by atoms with Gasteiger partial charge >= 0.3 is 6.03 Å². The Bertz CT molecular complexity index is 1240. The van der Waals surface area contributed by atoms with E-state index in [1.807, 2.05) is 30.3 Å². The molecule has 0 bridgehead atoms. The van der Waals surface area contributed by atoms with Crippen LogP contribution in [-0.4, -0.2) is 29.8 Å². The molecule has 3 aromatic rings. The zero-order chi connectivity index (χ0) is 26.1. The SMILES string of the molecule is C=C(O)C(=C)Nc1sc2c(c1C(=C)O)CCNC2.CNC(=O)Nc1ccc(Oc2ccccc2)cc1. The van der Waals surface area contributed by atoms with E-state index in [1.165, 1.54) is 16.2 Å². The van der Waals surface area contributed by atoms with Gasteiger partial charge in [0, 0.05) is 24.2 Å². The maximum Gasteiger partial charge on any atom is 0.318 e. The number of urea groups is 1. The van der Waals surface area contributed by atoms with Crippen LogP contribution in [0.5, 0.6) is 11.5 Å². The van der Waals surface area contributed by atoms with Gasteiger partial charge in [-0.05, 0) is 54.9 Å². The van der Waals surface area contributed by atoms with Gasteiger partial charge in [-0.25, -0.2) is 4.79 Å². The summed E-state index contributed by atoms with van der Waals surface area (Å²) in [4.78, 5) is 12.3. The van der Waals surface area contributed by atoms with E-state index >= 15 is 0 Å². The number of amides is 2. The fourth-order valence-electron chi connectivity index (χ4n) is 3.36. The number of aliphatic hydroxyl groups is 2. The van der Waals surface area contributed by atoms with E-state index in [1.54, 1.807) is 31.3 Å². The smallest absolute Gasteiger partial charge is 0.318 e. The van der Waals surface area contributed by atoms with Crippen molar-refractivity contribution in [2.24, 2.45) is 0 Å². The third-order valence-corrected chi connectivity index (χ3v) is 6.29. The molecule has 6 N–H and O–H groups in total.